The molecule has 0 atom stereocenters. The molecule has 0 aliphatic heterocycles. The molecule has 2 aromatic rings. The maximum atomic E-state index is 3.57. The van der Waals surface area contributed by atoms with Crippen molar-refractivity contribution >= 4 is 11.3 Å². The minimum atomic E-state index is 0.787. The average Bonchev–Trinajstić information content (AvgIpc) is 2.86. The molecule has 2 nitrogen and oxygen atoms in total. The van der Waals surface area contributed by atoms with E-state index >= 15 is 0 Å². The molecule has 0 saturated heterocycles. The van der Waals surface area contributed by atoms with Gasteiger partial charge in [0.25, 0.3) is 0 Å². The lowest BCUT2D eigenvalue weighted by Crippen LogP contribution is -2.18. The third-order valence-corrected chi connectivity index (χ3v) is 4.03. The van der Waals surface area contributed by atoms with Gasteiger partial charge in [-0.2, -0.15) is 11.3 Å². The first-order valence-corrected chi connectivity index (χ1v) is 7.24. The quantitative estimate of drug-likeness (QED) is 0.829. The second kappa shape index (κ2) is 5.07. The zero-order valence-electron chi connectivity index (χ0n) is 9.93. The van der Waals surface area contributed by atoms with Gasteiger partial charge in [-0.25, -0.2) is 0 Å². The first kappa shape index (κ1) is 11.1. The van der Waals surface area contributed by atoms with Crippen LogP contribution in [0.2, 0.25) is 0 Å². The lowest BCUT2D eigenvalue weighted by Gasteiger charge is -2.09. The number of aryl methyl sites for hydroxylation is 2. The summed E-state index contributed by atoms with van der Waals surface area (Å²) in [6.07, 6.45) is 6.04. The highest BCUT2D eigenvalue weighted by molar-refractivity contribution is 7.07. The van der Waals surface area contributed by atoms with Gasteiger partial charge in [0, 0.05) is 31.0 Å². The van der Waals surface area contributed by atoms with E-state index in [0.29, 0.717) is 0 Å². The van der Waals surface area contributed by atoms with Gasteiger partial charge >= 0.3 is 0 Å². The smallest absolute Gasteiger partial charge is 0.0361 e. The van der Waals surface area contributed by atoms with Crippen molar-refractivity contribution in [2.75, 3.05) is 0 Å². The van der Waals surface area contributed by atoms with Crippen molar-refractivity contribution in [2.45, 2.75) is 38.4 Å². The fraction of sp³-hybridized carbons (Fsp3) is 0.429. The summed E-state index contributed by atoms with van der Waals surface area (Å²) in [6.45, 7) is 2.10. The van der Waals surface area contributed by atoms with E-state index in [1.807, 2.05) is 0 Å². The Bertz CT molecular complexity index is 454. The topological polar surface area (TPSA) is 17.0 Å². The van der Waals surface area contributed by atoms with Gasteiger partial charge in [-0.3, -0.25) is 0 Å². The van der Waals surface area contributed by atoms with E-state index in [9.17, 15) is 0 Å². The SMILES string of the molecule is c1cc(CNC2CC2)n(CCc2ccsc2)c1. The minimum absolute atomic E-state index is 0.787. The van der Waals surface area contributed by atoms with Crippen LogP contribution >= 0.6 is 11.3 Å². The van der Waals surface area contributed by atoms with Crippen molar-refractivity contribution in [3.05, 3.63) is 46.4 Å². The molecule has 0 radical (unpaired) electrons. The standard InChI is InChI=1S/C14H18N2S/c1-2-14(10-15-13-3-4-13)16(7-1)8-5-12-6-9-17-11-12/h1-2,6-7,9,11,13,15H,3-5,8,10H2. The van der Waals surface area contributed by atoms with Crippen molar-refractivity contribution in [1.82, 2.24) is 9.88 Å². The van der Waals surface area contributed by atoms with E-state index in [2.05, 4.69) is 45.0 Å². The summed E-state index contributed by atoms with van der Waals surface area (Å²) in [5.41, 5.74) is 2.86. The number of hydrogen-bond acceptors (Lipinski definition) is 2. The number of nitrogens with zero attached hydrogens (tertiary/aromatic N) is 1. The fourth-order valence-corrected chi connectivity index (χ4v) is 2.75. The van der Waals surface area contributed by atoms with Gasteiger partial charge in [0.05, 0.1) is 0 Å². The van der Waals surface area contributed by atoms with Crippen molar-refractivity contribution in [2.24, 2.45) is 0 Å². The van der Waals surface area contributed by atoms with Crippen LogP contribution in [-0.2, 0) is 19.5 Å². The van der Waals surface area contributed by atoms with Gasteiger partial charge in [0.15, 0.2) is 0 Å². The molecule has 0 unspecified atom stereocenters. The number of thiophene rings is 1. The second-order valence-corrected chi connectivity index (χ2v) is 5.51. The summed E-state index contributed by atoms with van der Waals surface area (Å²) in [4.78, 5) is 0. The Kier molecular flexibility index (Phi) is 3.29. The van der Waals surface area contributed by atoms with Crippen LogP contribution < -0.4 is 5.32 Å². The summed E-state index contributed by atoms with van der Waals surface area (Å²) in [5, 5.41) is 7.97. The molecule has 0 amide bonds. The molecule has 1 N–H and O–H groups in total. The van der Waals surface area contributed by atoms with Gasteiger partial charge in [-0.1, -0.05) is 0 Å². The molecular weight excluding hydrogens is 228 g/mol. The van der Waals surface area contributed by atoms with E-state index in [-0.39, 0.29) is 0 Å². The van der Waals surface area contributed by atoms with Crippen molar-refractivity contribution < 1.29 is 0 Å². The number of rotatable bonds is 6. The molecule has 1 saturated carbocycles. The van der Waals surface area contributed by atoms with E-state index in [1.165, 1.54) is 24.1 Å². The van der Waals surface area contributed by atoms with Crippen LogP contribution in [0.15, 0.2) is 35.2 Å². The largest absolute Gasteiger partial charge is 0.350 e. The molecule has 1 aliphatic rings. The molecule has 2 heterocycles. The van der Waals surface area contributed by atoms with Crippen LogP contribution in [0, 0.1) is 0 Å². The van der Waals surface area contributed by atoms with E-state index < -0.39 is 0 Å². The number of nitrogens with one attached hydrogen (secondary N) is 1. The summed E-state index contributed by atoms with van der Waals surface area (Å²) in [6, 6.07) is 7.38. The third kappa shape index (κ3) is 2.99. The molecule has 1 fully saturated rings. The van der Waals surface area contributed by atoms with Crippen molar-refractivity contribution in [1.29, 1.82) is 0 Å². The molecular formula is C14H18N2S. The highest BCUT2D eigenvalue weighted by Gasteiger charge is 2.20. The molecule has 3 heteroatoms. The summed E-state index contributed by atoms with van der Waals surface area (Å²) in [5.74, 6) is 0. The summed E-state index contributed by atoms with van der Waals surface area (Å²) >= 11 is 1.78. The van der Waals surface area contributed by atoms with Gasteiger partial charge in [0.1, 0.15) is 0 Å². The van der Waals surface area contributed by atoms with Crippen molar-refractivity contribution in [3.63, 3.8) is 0 Å². The Morgan fingerprint density at radius 3 is 3.06 bits per heavy atom. The molecule has 2 aromatic heterocycles. The molecule has 17 heavy (non-hydrogen) atoms. The Morgan fingerprint density at radius 1 is 1.35 bits per heavy atom. The fourth-order valence-electron chi connectivity index (χ4n) is 2.05. The monoisotopic (exact) mass is 246 g/mol. The number of hydrogen-bond donors (Lipinski definition) is 1. The molecule has 0 bridgehead atoms. The van der Waals surface area contributed by atoms with Crippen LogP contribution in [0.5, 0.6) is 0 Å². The summed E-state index contributed by atoms with van der Waals surface area (Å²) in [7, 11) is 0. The molecule has 1 aliphatic carbocycles. The first-order chi connectivity index (χ1) is 8.42. The van der Waals surface area contributed by atoms with Crippen LogP contribution in [-0.4, -0.2) is 10.6 Å². The Balaban J connectivity index is 1.56. The maximum Gasteiger partial charge on any atom is 0.0361 e. The third-order valence-electron chi connectivity index (χ3n) is 3.29. The molecule has 3 rings (SSSR count). The average molecular weight is 246 g/mol. The second-order valence-electron chi connectivity index (χ2n) is 4.73. The van der Waals surface area contributed by atoms with Gasteiger partial charge in [-0.15, -0.1) is 0 Å². The van der Waals surface area contributed by atoms with E-state index in [1.54, 1.807) is 11.3 Å². The van der Waals surface area contributed by atoms with Gasteiger partial charge in [0.2, 0.25) is 0 Å². The van der Waals surface area contributed by atoms with Crippen LogP contribution in [0.3, 0.4) is 0 Å². The Labute approximate surface area is 106 Å². The van der Waals surface area contributed by atoms with Crippen LogP contribution in [0.25, 0.3) is 0 Å². The van der Waals surface area contributed by atoms with E-state index in [0.717, 1.165) is 25.6 Å². The zero-order valence-corrected chi connectivity index (χ0v) is 10.7. The van der Waals surface area contributed by atoms with Crippen LogP contribution in [0.4, 0.5) is 0 Å². The van der Waals surface area contributed by atoms with Gasteiger partial charge < -0.3 is 9.88 Å². The van der Waals surface area contributed by atoms with Crippen molar-refractivity contribution in [3.8, 4) is 0 Å². The summed E-state index contributed by atoms with van der Waals surface area (Å²) < 4.78 is 2.37. The normalized spacial score (nSPS) is 15.3. The predicted octanol–water partition coefficient (Wildman–Crippen LogP) is 3.04. The van der Waals surface area contributed by atoms with E-state index in [4.69, 9.17) is 0 Å². The minimum Gasteiger partial charge on any atom is -0.350 e. The lowest BCUT2D eigenvalue weighted by molar-refractivity contribution is 0.607. The van der Waals surface area contributed by atoms with Crippen LogP contribution in [0.1, 0.15) is 24.1 Å². The highest BCUT2D eigenvalue weighted by atomic mass is 32.1. The predicted molar refractivity (Wildman–Crippen MR) is 72.3 cm³/mol. The Morgan fingerprint density at radius 2 is 2.29 bits per heavy atom. The molecule has 90 valence electrons. The maximum absolute atomic E-state index is 3.57. The highest BCUT2D eigenvalue weighted by Crippen LogP contribution is 2.19. The lowest BCUT2D eigenvalue weighted by atomic mass is 10.2. The first-order valence-electron chi connectivity index (χ1n) is 6.30. The zero-order chi connectivity index (χ0) is 11.5. The Hall–Kier alpha value is -1.06. The molecule has 0 aromatic carbocycles. The van der Waals surface area contributed by atoms with Gasteiger partial charge in [-0.05, 0) is 53.8 Å². The number of aromatic nitrogens is 1. The molecule has 0 spiro atoms.